The molecule has 4 rings (SSSR count). The summed E-state index contributed by atoms with van der Waals surface area (Å²) in [6.45, 7) is 0.949. The third-order valence-electron chi connectivity index (χ3n) is 6.08. The van der Waals surface area contributed by atoms with Crippen molar-refractivity contribution in [2.75, 3.05) is 19.3 Å². The van der Waals surface area contributed by atoms with Gasteiger partial charge in [0.1, 0.15) is 5.76 Å². The van der Waals surface area contributed by atoms with Crippen LogP contribution in [-0.4, -0.2) is 61.9 Å². The van der Waals surface area contributed by atoms with Crippen LogP contribution in [0.5, 0.6) is 0 Å². The second-order valence-electron chi connectivity index (χ2n) is 8.61. The van der Waals surface area contributed by atoms with E-state index in [1.807, 2.05) is 19.2 Å². The number of sulfonamides is 1. The van der Waals surface area contributed by atoms with Crippen molar-refractivity contribution in [2.45, 2.75) is 69.0 Å². The van der Waals surface area contributed by atoms with E-state index in [1.165, 1.54) is 0 Å². The van der Waals surface area contributed by atoms with Crippen LogP contribution in [0, 0.1) is 0 Å². The molecule has 1 saturated heterocycles. The van der Waals surface area contributed by atoms with Crippen LogP contribution in [0.2, 0.25) is 0 Å². The van der Waals surface area contributed by atoms with Crippen molar-refractivity contribution in [3.63, 3.8) is 0 Å². The topological polar surface area (TPSA) is 105 Å². The largest absolute Gasteiger partial charge is 0.360 e. The van der Waals surface area contributed by atoms with Gasteiger partial charge in [0.25, 0.3) is 5.91 Å². The van der Waals surface area contributed by atoms with E-state index in [4.69, 9.17) is 4.52 Å². The van der Waals surface area contributed by atoms with Gasteiger partial charge in [0.05, 0.1) is 5.75 Å². The maximum atomic E-state index is 12.7. The summed E-state index contributed by atoms with van der Waals surface area (Å²) in [5.74, 6) is 1.04. The van der Waals surface area contributed by atoms with Crippen LogP contribution in [0.15, 0.2) is 22.7 Å². The second kappa shape index (κ2) is 8.57. The molecule has 1 aromatic rings. The van der Waals surface area contributed by atoms with E-state index >= 15 is 0 Å². The summed E-state index contributed by atoms with van der Waals surface area (Å²) in [5.41, 5.74) is 0.293. The Kier molecular flexibility index (Phi) is 6.08. The average molecular weight is 423 g/mol. The molecule has 1 aromatic heterocycles. The first-order valence-corrected chi connectivity index (χ1v) is 12.2. The number of carbonyl (C=O) groups excluding carboxylic acids is 1. The first kappa shape index (κ1) is 20.6. The van der Waals surface area contributed by atoms with Crippen molar-refractivity contribution in [3.8, 4) is 0 Å². The number of amides is 1. The Morgan fingerprint density at radius 3 is 2.69 bits per heavy atom. The fraction of sp³-hybridized carbons (Fsp3) is 0.700. The van der Waals surface area contributed by atoms with Crippen LogP contribution in [0.4, 0.5) is 0 Å². The number of nitrogens with one attached hydrogen (secondary N) is 2. The minimum atomic E-state index is -3.38. The van der Waals surface area contributed by atoms with Gasteiger partial charge in [0.2, 0.25) is 10.0 Å². The van der Waals surface area contributed by atoms with E-state index in [-0.39, 0.29) is 29.8 Å². The van der Waals surface area contributed by atoms with Crippen LogP contribution in [0.3, 0.4) is 0 Å². The quantitative estimate of drug-likeness (QED) is 0.649. The molecule has 1 amide bonds. The number of rotatable bonds is 7. The number of nitrogens with zero attached hydrogens (tertiary/aromatic N) is 2. The Labute approximate surface area is 172 Å². The molecule has 0 aromatic carbocycles. The highest BCUT2D eigenvalue weighted by atomic mass is 32.2. The highest BCUT2D eigenvalue weighted by Gasteiger charge is 2.31. The minimum absolute atomic E-state index is 0.0807. The summed E-state index contributed by atoms with van der Waals surface area (Å²) in [6.07, 6.45) is 9.97. The van der Waals surface area contributed by atoms with E-state index in [2.05, 4.69) is 20.1 Å². The Morgan fingerprint density at radius 2 is 2.00 bits per heavy atom. The molecule has 2 heterocycles. The molecule has 8 nitrogen and oxygen atoms in total. The van der Waals surface area contributed by atoms with Crippen LogP contribution in [0.1, 0.15) is 67.1 Å². The number of carbonyl (C=O) groups is 1. The SMILES string of the molecule is CN1CCC[C@@H]1CS(=O)(=O)N[C@H]1CC=CC[C@H](NC(=O)c2cc(C3CC3)on2)C1. The van der Waals surface area contributed by atoms with E-state index in [9.17, 15) is 13.2 Å². The number of aromatic nitrogens is 1. The molecule has 0 radical (unpaired) electrons. The molecule has 0 bridgehead atoms. The number of hydrogen-bond acceptors (Lipinski definition) is 6. The normalized spacial score (nSPS) is 28.4. The average Bonchev–Trinajstić information content (AvgIpc) is 3.32. The van der Waals surface area contributed by atoms with E-state index in [0.717, 1.165) is 38.0 Å². The predicted octanol–water partition coefficient (Wildman–Crippen LogP) is 1.77. The van der Waals surface area contributed by atoms with Gasteiger partial charge in [-0.1, -0.05) is 17.3 Å². The molecule has 29 heavy (non-hydrogen) atoms. The van der Waals surface area contributed by atoms with Gasteiger partial charge in [0.15, 0.2) is 5.69 Å². The zero-order chi connectivity index (χ0) is 20.4. The Balaban J connectivity index is 1.33. The predicted molar refractivity (Wildman–Crippen MR) is 109 cm³/mol. The maximum absolute atomic E-state index is 12.7. The van der Waals surface area contributed by atoms with Gasteiger partial charge < -0.3 is 14.7 Å². The van der Waals surface area contributed by atoms with E-state index in [0.29, 0.717) is 30.9 Å². The first-order valence-electron chi connectivity index (χ1n) is 10.5. The molecule has 3 aliphatic rings. The van der Waals surface area contributed by atoms with Crippen molar-refractivity contribution in [1.29, 1.82) is 0 Å². The zero-order valence-electron chi connectivity index (χ0n) is 16.8. The van der Waals surface area contributed by atoms with Crippen LogP contribution >= 0.6 is 0 Å². The highest BCUT2D eigenvalue weighted by molar-refractivity contribution is 7.89. The minimum Gasteiger partial charge on any atom is -0.360 e. The van der Waals surface area contributed by atoms with Gasteiger partial charge in [-0.05, 0) is 58.5 Å². The zero-order valence-corrected chi connectivity index (χ0v) is 17.7. The van der Waals surface area contributed by atoms with E-state index in [1.54, 1.807) is 6.07 Å². The van der Waals surface area contributed by atoms with Crippen LogP contribution in [-0.2, 0) is 10.0 Å². The molecule has 2 N–H and O–H groups in total. The second-order valence-corrected chi connectivity index (χ2v) is 10.4. The van der Waals surface area contributed by atoms with Gasteiger partial charge in [-0.25, -0.2) is 13.1 Å². The number of likely N-dealkylation sites (tertiary alicyclic amines) is 1. The monoisotopic (exact) mass is 422 g/mol. The summed E-state index contributed by atoms with van der Waals surface area (Å²) in [5, 5.41) is 6.88. The fourth-order valence-corrected chi connectivity index (χ4v) is 5.96. The third kappa shape index (κ3) is 5.46. The van der Waals surface area contributed by atoms with Crippen molar-refractivity contribution < 1.29 is 17.7 Å². The van der Waals surface area contributed by atoms with Gasteiger partial charge in [0, 0.05) is 30.1 Å². The molecule has 0 unspecified atom stereocenters. The summed E-state index contributed by atoms with van der Waals surface area (Å²) in [4.78, 5) is 14.7. The lowest BCUT2D eigenvalue weighted by Crippen LogP contribution is -2.45. The maximum Gasteiger partial charge on any atom is 0.273 e. The standard InChI is InChI=1S/C20H30N4O4S/c1-24-10-4-7-17(24)13-29(26,27)23-16-6-3-2-5-15(11-16)21-20(25)18-12-19(28-22-18)14-8-9-14/h2-3,12,14-17,23H,4-11,13H2,1H3,(H,21,25)/t15-,16-,17+/m0/s1. The fourth-order valence-electron chi connectivity index (χ4n) is 4.23. The molecule has 1 aliphatic heterocycles. The molecular formula is C20H30N4O4S. The summed E-state index contributed by atoms with van der Waals surface area (Å²) < 4.78 is 33.5. The molecule has 2 aliphatic carbocycles. The van der Waals surface area contributed by atoms with Crippen LogP contribution < -0.4 is 10.0 Å². The van der Waals surface area contributed by atoms with Gasteiger partial charge in [-0.3, -0.25) is 4.79 Å². The van der Waals surface area contributed by atoms with Crippen molar-refractivity contribution in [3.05, 3.63) is 29.7 Å². The summed E-state index contributed by atoms with van der Waals surface area (Å²) in [7, 11) is -1.40. The Bertz CT molecular complexity index is 862. The lowest BCUT2D eigenvalue weighted by Gasteiger charge is -2.24. The molecule has 3 atom stereocenters. The van der Waals surface area contributed by atoms with Crippen molar-refractivity contribution in [2.24, 2.45) is 0 Å². The van der Waals surface area contributed by atoms with Gasteiger partial charge >= 0.3 is 0 Å². The van der Waals surface area contributed by atoms with Crippen molar-refractivity contribution in [1.82, 2.24) is 20.1 Å². The van der Waals surface area contributed by atoms with E-state index < -0.39 is 10.0 Å². The summed E-state index contributed by atoms with van der Waals surface area (Å²) in [6, 6.07) is 1.43. The van der Waals surface area contributed by atoms with Crippen LogP contribution in [0.25, 0.3) is 0 Å². The molecule has 9 heteroatoms. The molecule has 0 spiro atoms. The first-order chi connectivity index (χ1) is 13.9. The summed E-state index contributed by atoms with van der Waals surface area (Å²) >= 11 is 0. The lowest BCUT2D eigenvalue weighted by molar-refractivity contribution is 0.0925. The van der Waals surface area contributed by atoms with Gasteiger partial charge in [-0.2, -0.15) is 0 Å². The molecule has 160 valence electrons. The molecule has 1 saturated carbocycles. The third-order valence-corrected chi connectivity index (χ3v) is 7.60. The smallest absolute Gasteiger partial charge is 0.273 e. The Morgan fingerprint density at radius 1 is 1.24 bits per heavy atom. The lowest BCUT2D eigenvalue weighted by atomic mass is 10.1. The van der Waals surface area contributed by atoms with Gasteiger partial charge in [-0.15, -0.1) is 0 Å². The van der Waals surface area contributed by atoms with Crippen molar-refractivity contribution >= 4 is 15.9 Å². The highest BCUT2D eigenvalue weighted by Crippen LogP contribution is 2.40. The molecular weight excluding hydrogens is 392 g/mol. The Hall–Kier alpha value is -1.71. The molecule has 2 fully saturated rings. The number of hydrogen-bond donors (Lipinski definition) is 2.